The molecule has 27 heavy (non-hydrogen) atoms. The highest BCUT2D eigenvalue weighted by atomic mass is 19.1. The molecule has 0 fully saturated rings. The molecule has 134 valence electrons. The number of rotatable bonds is 2. The number of amides is 1. The van der Waals surface area contributed by atoms with Gasteiger partial charge in [0.1, 0.15) is 17.3 Å². The van der Waals surface area contributed by atoms with Crippen LogP contribution in [-0.4, -0.2) is 42.7 Å². The highest BCUT2D eigenvalue weighted by molar-refractivity contribution is 5.97. The fourth-order valence-electron chi connectivity index (χ4n) is 3.35. The topological polar surface area (TPSA) is 90.6 Å². The lowest BCUT2D eigenvalue weighted by Gasteiger charge is -2.25. The summed E-state index contributed by atoms with van der Waals surface area (Å²) in [7, 11) is 0. The maximum Gasteiger partial charge on any atom is 0.254 e. The molecule has 1 aliphatic heterocycles. The van der Waals surface area contributed by atoms with E-state index in [0.717, 1.165) is 28.0 Å². The van der Waals surface area contributed by atoms with Gasteiger partial charge in [-0.2, -0.15) is 15.4 Å². The number of hydrogen-bond acceptors (Lipinski definition) is 4. The maximum atomic E-state index is 13.1. The van der Waals surface area contributed by atoms with Gasteiger partial charge < -0.3 is 9.88 Å². The minimum absolute atomic E-state index is 0.0523. The molecule has 0 unspecified atom stereocenters. The largest absolute Gasteiger partial charge is 0.338 e. The van der Waals surface area contributed by atoms with Crippen molar-refractivity contribution in [3.8, 4) is 11.4 Å². The van der Waals surface area contributed by atoms with Crippen molar-refractivity contribution in [3.05, 3.63) is 65.2 Å². The minimum Gasteiger partial charge on any atom is -0.338 e. The molecular weight excluding hydrogens is 347 g/mol. The summed E-state index contributed by atoms with van der Waals surface area (Å²) in [5, 5.41) is 10.8. The molecule has 0 radical (unpaired) electrons. The van der Waals surface area contributed by atoms with E-state index in [0.29, 0.717) is 30.9 Å². The van der Waals surface area contributed by atoms with Gasteiger partial charge in [-0.05, 0) is 42.5 Å². The number of H-pyrrole nitrogens is 2. The number of imidazole rings is 1. The first kappa shape index (κ1) is 15.7. The van der Waals surface area contributed by atoms with Crippen molar-refractivity contribution in [2.45, 2.75) is 13.0 Å². The molecule has 0 saturated carbocycles. The van der Waals surface area contributed by atoms with Gasteiger partial charge in [-0.25, -0.2) is 9.37 Å². The van der Waals surface area contributed by atoms with E-state index in [1.54, 1.807) is 29.2 Å². The van der Waals surface area contributed by atoms with Crippen molar-refractivity contribution in [3.63, 3.8) is 0 Å². The van der Waals surface area contributed by atoms with Crippen molar-refractivity contribution in [2.75, 3.05) is 6.54 Å². The highest BCUT2D eigenvalue weighted by Crippen LogP contribution is 2.23. The van der Waals surface area contributed by atoms with Crippen LogP contribution in [0.4, 0.5) is 4.39 Å². The Morgan fingerprint density at radius 1 is 1.07 bits per heavy atom. The van der Waals surface area contributed by atoms with Crippen LogP contribution in [-0.2, 0) is 13.0 Å². The molecule has 3 heterocycles. The summed E-state index contributed by atoms with van der Waals surface area (Å²) < 4.78 is 13.1. The molecule has 0 atom stereocenters. The molecule has 8 heteroatoms. The van der Waals surface area contributed by atoms with Gasteiger partial charge in [0.15, 0.2) is 0 Å². The number of halogens is 1. The monoisotopic (exact) mass is 362 g/mol. The van der Waals surface area contributed by atoms with Crippen LogP contribution < -0.4 is 0 Å². The summed E-state index contributed by atoms with van der Waals surface area (Å²) in [6.45, 7) is 1.06. The van der Waals surface area contributed by atoms with E-state index in [-0.39, 0.29) is 11.7 Å². The van der Waals surface area contributed by atoms with Gasteiger partial charge in [-0.1, -0.05) is 0 Å². The number of fused-ring (bicyclic) bond motifs is 2. The average molecular weight is 362 g/mol. The van der Waals surface area contributed by atoms with Gasteiger partial charge in [-0.15, -0.1) is 0 Å². The molecule has 0 saturated heterocycles. The van der Waals surface area contributed by atoms with Crippen LogP contribution in [0.5, 0.6) is 0 Å². The Morgan fingerprint density at radius 3 is 2.74 bits per heavy atom. The Hall–Kier alpha value is -3.55. The lowest BCUT2D eigenvalue weighted by Crippen LogP contribution is -2.36. The standard InChI is InChI=1S/C19H15FN6O/c20-13-4-1-11(2-5-13)18-21-14-6-3-12(9-16(14)22-18)19(27)26-8-7-15-17(10-26)24-25-23-15/h1-6,9H,7-8,10H2,(H,21,22)(H,23,24,25). The molecule has 2 aromatic carbocycles. The van der Waals surface area contributed by atoms with E-state index in [2.05, 4.69) is 25.4 Å². The van der Waals surface area contributed by atoms with Crippen LogP contribution in [0.3, 0.4) is 0 Å². The summed E-state index contributed by atoms with van der Waals surface area (Å²) in [4.78, 5) is 22.4. The normalized spacial score (nSPS) is 13.7. The maximum absolute atomic E-state index is 13.1. The van der Waals surface area contributed by atoms with Crippen molar-refractivity contribution in [1.29, 1.82) is 0 Å². The molecule has 2 aromatic heterocycles. The Balaban J connectivity index is 1.44. The fourth-order valence-corrected chi connectivity index (χ4v) is 3.35. The van der Waals surface area contributed by atoms with E-state index in [9.17, 15) is 9.18 Å². The number of nitrogens with zero attached hydrogens (tertiary/aromatic N) is 4. The van der Waals surface area contributed by atoms with E-state index in [4.69, 9.17) is 0 Å². The second-order valence-corrected chi connectivity index (χ2v) is 6.52. The number of carbonyl (C=O) groups is 1. The molecule has 5 rings (SSSR count). The zero-order chi connectivity index (χ0) is 18.4. The third-order valence-corrected chi connectivity index (χ3v) is 4.80. The first-order chi connectivity index (χ1) is 13.2. The highest BCUT2D eigenvalue weighted by Gasteiger charge is 2.24. The summed E-state index contributed by atoms with van der Waals surface area (Å²) in [6, 6.07) is 11.5. The van der Waals surface area contributed by atoms with Gasteiger partial charge in [0, 0.05) is 24.1 Å². The van der Waals surface area contributed by atoms with Crippen LogP contribution >= 0.6 is 0 Å². The predicted octanol–water partition coefficient (Wildman–Crippen LogP) is 2.69. The molecule has 7 nitrogen and oxygen atoms in total. The van der Waals surface area contributed by atoms with Crippen molar-refractivity contribution < 1.29 is 9.18 Å². The molecular formula is C19H15FN6O. The SMILES string of the molecule is O=C(c1ccc2nc(-c3ccc(F)cc3)[nH]c2c1)N1CCc2n[nH]nc2C1. The predicted molar refractivity (Wildman–Crippen MR) is 96.3 cm³/mol. The molecule has 2 N–H and O–H groups in total. The fraction of sp³-hybridized carbons (Fsp3) is 0.158. The summed E-state index contributed by atoms with van der Waals surface area (Å²) in [6.07, 6.45) is 0.693. The number of hydrogen-bond donors (Lipinski definition) is 2. The third-order valence-electron chi connectivity index (χ3n) is 4.80. The molecule has 1 aliphatic rings. The smallest absolute Gasteiger partial charge is 0.254 e. The minimum atomic E-state index is -0.292. The number of benzene rings is 2. The number of carbonyl (C=O) groups excluding carboxylic acids is 1. The summed E-state index contributed by atoms with van der Waals surface area (Å²) in [5.41, 5.74) is 4.63. The van der Waals surface area contributed by atoms with Gasteiger partial charge in [0.2, 0.25) is 0 Å². The molecule has 0 spiro atoms. The van der Waals surface area contributed by atoms with E-state index in [1.165, 1.54) is 12.1 Å². The zero-order valence-electron chi connectivity index (χ0n) is 14.2. The third kappa shape index (κ3) is 2.75. The van der Waals surface area contributed by atoms with E-state index >= 15 is 0 Å². The first-order valence-electron chi connectivity index (χ1n) is 8.61. The summed E-state index contributed by atoms with van der Waals surface area (Å²) >= 11 is 0. The van der Waals surface area contributed by atoms with Crippen LogP contribution in [0.2, 0.25) is 0 Å². The van der Waals surface area contributed by atoms with Crippen LogP contribution in [0.25, 0.3) is 22.4 Å². The van der Waals surface area contributed by atoms with Crippen molar-refractivity contribution >= 4 is 16.9 Å². The Morgan fingerprint density at radius 2 is 1.89 bits per heavy atom. The Bertz CT molecular complexity index is 1150. The first-order valence-corrected chi connectivity index (χ1v) is 8.61. The van der Waals surface area contributed by atoms with Crippen molar-refractivity contribution in [1.82, 2.24) is 30.3 Å². The van der Waals surface area contributed by atoms with E-state index < -0.39 is 0 Å². The molecule has 0 bridgehead atoms. The second kappa shape index (κ2) is 6.01. The number of aromatic amines is 2. The zero-order valence-corrected chi connectivity index (χ0v) is 14.2. The van der Waals surface area contributed by atoms with Gasteiger partial charge in [0.25, 0.3) is 5.91 Å². The van der Waals surface area contributed by atoms with Crippen LogP contribution in [0.15, 0.2) is 42.5 Å². The van der Waals surface area contributed by atoms with Gasteiger partial charge >= 0.3 is 0 Å². The lowest BCUT2D eigenvalue weighted by molar-refractivity contribution is 0.0732. The Kier molecular flexibility index (Phi) is 3.49. The van der Waals surface area contributed by atoms with Gasteiger partial charge in [-0.3, -0.25) is 4.79 Å². The van der Waals surface area contributed by atoms with E-state index in [1.807, 2.05) is 6.07 Å². The molecule has 0 aliphatic carbocycles. The second-order valence-electron chi connectivity index (χ2n) is 6.52. The Labute approximate surface area is 153 Å². The average Bonchev–Trinajstić information content (AvgIpc) is 3.33. The molecule has 4 aromatic rings. The van der Waals surface area contributed by atoms with Crippen LogP contribution in [0, 0.1) is 5.82 Å². The summed E-state index contributed by atoms with van der Waals surface area (Å²) in [5.74, 6) is 0.294. The lowest BCUT2D eigenvalue weighted by atomic mass is 10.1. The van der Waals surface area contributed by atoms with Crippen LogP contribution in [0.1, 0.15) is 21.7 Å². The number of aromatic nitrogens is 5. The quantitative estimate of drug-likeness (QED) is 0.574. The molecule has 1 amide bonds. The van der Waals surface area contributed by atoms with Gasteiger partial charge in [0.05, 0.1) is 23.3 Å². The number of nitrogens with one attached hydrogen (secondary N) is 2. The van der Waals surface area contributed by atoms with Crippen molar-refractivity contribution in [2.24, 2.45) is 0 Å².